The molecule has 1 aromatic carbocycles. The highest BCUT2D eigenvalue weighted by Crippen LogP contribution is 2.20. The van der Waals surface area contributed by atoms with E-state index in [-0.39, 0.29) is 11.7 Å². The Hall–Kier alpha value is -2.30. The average molecular weight is 245 g/mol. The van der Waals surface area contributed by atoms with Gasteiger partial charge in [0.15, 0.2) is 0 Å². The summed E-state index contributed by atoms with van der Waals surface area (Å²) in [7, 11) is 0. The van der Waals surface area contributed by atoms with E-state index in [1.54, 1.807) is 42.2 Å². The first-order chi connectivity index (χ1) is 8.61. The Morgan fingerprint density at radius 3 is 2.94 bits per heavy atom. The monoisotopic (exact) mass is 245 g/mol. The van der Waals surface area contributed by atoms with E-state index in [9.17, 15) is 9.90 Å². The fourth-order valence-corrected chi connectivity index (χ4v) is 1.67. The van der Waals surface area contributed by atoms with Crippen LogP contribution in [-0.2, 0) is 6.54 Å². The van der Waals surface area contributed by atoms with Gasteiger partial charge in [0.05, 0.1) is 11.9 Å². The summed E-state index contributed by atoms with van der Waals surface area (Å²) in [5.41, 5.74) is 1.67. The summed E-state index contributed by atoms with van der Waals surface area (Å²) in [6.45, 7) is 4.43. The number of phenols is 1. The lowest BCUT2D eigenvalue weighted by Gasteiger charge is -2.07. The van der Waals surface area contributed by atoms with Gasteiger partial charge in [0.1, 0.15) is 5.75 Å². The molecule has 0 spiro atoms. The van der Waals surface area contributed by atoms with E-state index in [0.717, 1.165) is 6.54 Å². The number of aromatic hydroxyl groups is 1. The summed E-state index contributed by atoms with van der Waals surface area (Å²) >= 11 is 0. The number of anilines is 1. The van der Waals surface area contributed by atoms with Crippen LogP contribution in [0.4, 0.5) is 5.69 Å². The number of carbonyl (C=O) groups excluding carboxylic acids is 1. The molecule has 1 amide bonds. The maximum absolute atomic E-state index is 12.0. The van der Waals surface area contributed by atoms with E-state index in [0.29, 0.717) is 16.8 Å². The van der Waals surface area contributed by atoms with E-state index in [1.807, 2.05) is 6.92 Å². The standard InChI is InChI=1S/C13H15N3O2/c1-3-16-8-10(7-14-16)15-13(18)11-5-4-6-12(17)9(11)2/h4-8,17H,3H2,1-2H3,(H,15,18). The molecular formula is C13H15N3O2. The lowest BCUT2D eigenvalue weighted by molar-refractivity contribution is 0.102. The molecule has 5 heteroatoms. The number of nitrogens with one attached hydrogen (secondary N) is 1. The number of aromatic nitrogens is 2. The van der Waals surface area contributed by atoms with E-state index in [2.05, 4.69) is 10.4 Å². The zero-order valence-electron chi connectivity index (χ0n) is 10.3. The lowest BCUT2D eigenvalue weighted by atomic mass is 10.1. The molecule has 0 unspecified atom stereocenters. The minimum Gasteiger partial charge on any atom is -0.508 e. The van der Waals surface area contributed by atoms with Crippen LogP contribution in [0.2, 0.25) is 0 Å². The van der Waals surface area contributed by atoms with Crippen molar-refractivity contribution >= 4 is 11.6 Å². The maximum Gasteiger partial charge on any atom is 0.256 e. The van der Waals surface area contributed by atoms with Gasteiger partial charge < -0.3 is 10.4 Å². The SMILES string of the molecule is CCn1cc(NC(=O)c2cccc(O)c2C)cn1. The highest BCUT2D eigenvalue weighted by Gasteiger charge is 2.12. The lowest BCUT2D eigenvalue weighted by Crippen LogP contribution is -2.12. The molecule has 0 atom stereocenters. The van der Waals surface area contributed by atoms with Gasteiger partial charge in [-0.25, -0.2) is 0 Å². The number of rotatable bonds is 3. The normalized spacial score (nSPS) is 10.3. The van der Waals surface area contributed by atoms with Crippen LogP contribution in [0.3, 0.4) is 0 Å². The second-order valence-electron chi connectivity index (χ2n) is 3.99. The van der Waals surface area contributed by atoms with Crippen LogP contribution in [-0.4, -0.2) is 20.8 Å². The molecular weight excluding hydrogens is 230 g/mol. The Morgan fingerprint density at radius 2 is 2.28 bits per heavy atom. The minimum atomic E-state index is -0.251. The second-order valence-corrected chi connectivity index (χ2v) is 3.99. The van der Waals surface area contributed by atoms with Crippen LogP contribution >= 0.6 is 0 Å². The molecule has 2 N–H and O–H groups in total. The van der Waals surface area contributed by atoms with Crippen LogP contribution in [0.25, 0.3) is 0 Å². The van der Waals surface area contributed by atoms with Gasteiger partial charge in [-0.1, -0.05) is 6.07 Å². The van der Waals surface area contributed by atoms with Crippen LogP contribution in [0.1, 0.15) is 22.8 Å². The molecule has 2 aromatic rings. The third-order valence-corrected chi connectivity index (χ3v) is 2.76. The number of phenolic OH excluding ortho intramolecular Hbond substituents is 1. The number of benzene rings is 1. The van der Waals surface area contributed by atoms with Gasteiger partial charge >= 0.3 is 0 Å². The molecule has 0 aliphatic carbocycles. The highest BCUT2D eigenvalue weighted by molar-refractivity contribution is 6.05. The second kappa shape index (κ2) is 4.91. The zero-order chi connectivity index (χ0) is 13.1. The van der Waals surface area contributed by atoms with Gasteiger partial charge in [-0.2, -0.15) is 5.10 Å². The molecule has 0 fully saturated rings. The summed E-state index contributed by atoms with van der Waals surface area (Å²) < 4.78 is 1.73. The van der Waals surface area contributed by atoms with Crippen molar-refractivity contribution in [3.05, 3.63) is 41.7 Å². The smallest absolute Gasteiger partial charge is 0.256 e. The Labute approximate surface area is 105 Å². The number of nitrogens with zero attached hydrogens (tertiary/aromatic N) is 2. The number of hydrogen-bond donors (Lipinski definition) is 2. The summed E-state index contributed by atoms with van der Waals surface area (Å²) in [6, 6.07) is 4.88. The predicted octanol–water partition coefficient (Wildman–Crippen LogP) is 2.17. The average Bonchev–Trinajstić information content (AvgIpc) is 2.80. The van der Waals surface area contributed by atoms with E-state index in [1.165, 1.54) is 0 Å². The van der Waals surface area contributed by atoms with Crippen molar-refractivity contribution in [2.75, 3.05) is 5.32 Å². The third-order valence-electron chi connectivity index (χ3n) is 2.76. The Morgan fingerprint density at radius 1 is 1.50 bits per heavy atom. The van der Waals surface area contributed by atoms with E-state index >= 15 is 0 Å². The molecule has 0 aliphatic rings. The van der Waals surface area contributed by atoms with Gasteiger partial charge in [-0.3, -0.25) is 9.48 Å². The number of aryl methyl sites for hydroxylation is 1. The molecule has 0 bridgehead atoms. The highest BCUT2D eigenvalue weighted by atomic mass is 16.3. The molecule has 0 aliphatic heterocycles. The first kappa shape index (κ1) is 12.2. The Kier molecular flexibility index (Phi) is 3.32. The largest absolute Gasteiger partial charge is 0.508 e. The quantitative estimate of drug-likeness (QED) is 0.870. The zero-order valence-corrected chi connectivity index (χ0v) is 10.3. The number of carbonyl (C=O) groups is 1. The first-order valence-electron chi connectivity index (χ1n) is 5.74. The molecule has 0 radical (unpaired) electrons. The summed E-state index contributed by atoms with van der Waals surface area (Å²) in [5.74, 6) is -0.133. The Bertz CT molecular complexity index is 575. The van der Waals surface area contributed by atoms with E-state index < -0.39 is 0 Å². The molecule has 2 rings (SSSR count). The van der Waals surface area contributed by atoms with Gasteiger partial charge in [0.2, 0.25) is 0 Å². The summed E-state index contributed by atoms with van der Waals surface area (Å²) in [5, 5.41) is 16.4. The van der Waals surface area contributed by atoms with Crippen LogP contribution in [0.5, 0.6) is 5.75 Å². The van der Waals surface area contributed by atoms with Crippen molar-refractivity contribution in [1.82, 2.24) is 9.78 Å². The van der Waals surface area contributed by atoms with Gasteiger partial charge in [-0.05, 0) is 26.0 Å². The van der Waals surface area contributed by atoms with Crippen molar-refractivity contribution in [1.29, 1.82) is 0 Å². The van der Waals surface area contributed by atoms with Gasteiger partial charge in [0.25, 0.3) is 5.91 Å². The fourth-order valence-electron chi connectivity index (χ4n) is 1.67. The van der Waals surface area contributed by atoms with Crippen molar-refractivity contribution in [3.8, 4) is 5.75 Å². The topological polar surface area (TPSA) is 67.2 Å². The van der Waals surface area contributed by atoms with Crippen molar-refractivity contribution in [2.24, 2.45) is 0 Å². The third kappa shape index (κ3) is 2.34. The molecule has 0 saturated heterocycles. The van der Waals surface area contributed by atoms with Gasteiger partial charge in [-0.15, -0.1) is 0 Å². The van der Waals surface area contributed by atoms with Crippen LogP contribution in [0.15, 0.2) is 30.6 Å². The fraction of sp³-hybridized carbons (Fsp3) is 0.231. The molecule has 18 heavy (non-hydrogen) atoms. The molecule has 94 valence electrons. The molecule has 0 saturated carbocycles. The van der Waals surface area contributed by atoms with Crippen LogP contribution < -0.4 is 5.32 Å². The van der Waals surface area contributed by atoms with Gasteiger partial charge in [0, 0.05) is 23.9 Å². The molecule has 1 aromatic heterocycles. The van der Waals surface area contributed by atoms with Crippen molar-refractivity contribution < 1.29 is 9.90 Å². The summed E-state index contributed by atoms with van der Waals surface area (Å²) in [6.07, 6.45) is 3.36. The molecule has 5 nitrogen and oxygen atoms in total. The first-order valence-corrected chi connectivity index (χ1v) is 5.74. The van der Waals surface area contributed by atoms with Crippen LogP contribution in [0, 0.1) is 6.92 Å². The van der Waals surface area contributed by atoms with Crippen molar-refractivity contribution in [2.45, 2.75) is 20.4 Å². The number of amides is 1. The predicted molar refractivity (Wildman–Crippen MR) is 68.7 cm³/mol. The van der Waals surface area contributed by atoms with E-state index in [4.69, 9.17) is 0 Å². The Balaban J connectivity index is 2.19. The number of hydrogen-bond acceptors (Lipinski definition) is 3. The minimum absolute atomic E-state index is 0.118. The maximum atomic E-state index is 12.0. The summed E-state index contributed by atoms with van der Waals surface area (Å²) in [4.78, 5) is 12.0. The molecule has 1 heterocycles. The van der Waals surface area contributed by atoms with Crippen molar-refractivity contribution in [3.63, 3.8) is 0 Å².